The second kappa shape index (κ2) is 7.21. The lowest BCUT2D eigenvalue weighted by atomic mass is 9.99. The highest BCUT2D eigenvalue weighted by Crippen LogP contribution is 2.48. The molecule has 0 saturated heterocycles. The van der Waals surface area contributed by atoms with E-state index in [9.17, 15) is 0 Å². The van der Waals surface area contributed by atoms with Crippen molar-refractivity contribution < 1.29 is 0 Å². The van der Waals surface area contributed by atoms with Gasteiger partial charge in [0.1, 0.15) is 0 Å². The number of alkyl halides is 6. The summed E-state index contributed by atoms with van der Waals surface area (Å²) in [6, 6.07) is 16.5. The largest absolute Gasteiger partial charge is 0.216 e. The van der Waals surface area contributed by atoms with Crippen LogP contribution in [0.2, 0.25) is 0 Å². The minimum Gasteiger partial charge on any atom is -0.0784 e. The van der Waals surface area contributed by atoms with Crippen molar-refractivity contribution in [2.24, 2.45) is 0 Å². The van der Waals surface area contributed by atoms with Crippen molar-refractivity contribution in [3.05, 3.63) is 71.3 Å². The molecular weight excluding hydrogens is 405 g/mol. The van der Waals surface area contributed by atoms with Gasteiger partial charge >= 0.3 is 0 Å². The van der Waals surface area contributed by atoms with E-state index in [1.165, 1.54) is 0 Å². The zero-order valence-corrected chi connectivity index (χ0v) is 15.6. The molecule has 0 aromatic heterocycles. The zero-order valence-electron chi connectivity index (χ0n) is 11.0. The second-order valence-electron chi connectivity index (χ2n) is 4.51. The van der Waals surface area contributed by atoms with Gasteiger partial charge in [-0.25, -0.2) is 0 Å². The fraction of sp³-hybridized carbons (Fsp3) is 0.125. The third-order valence-electron chi connectivity index (χ3n) is 2.94. The Morgan fingerprint density at radius 2 is 1.27 bits per heavy atom. The highest BCUT2D eigenvalue weighted by atomic mass is 35.6. The zero-order chi connectivity index (χ0) is 16.4. The molecule has 0 aliphatic heterocycles. The van der Waals surface area contributed by atoms with Crippen LogP contribution in [0.25, 0.3) is 11.6 Å². The van der Waals surface area contributed by atoms with Crippen LogP contribution in [0, 0.1) is 0 Å². The van der Waals surface area contributed by atoms with Crippen molar-refractivity contribution in [1.82, 2.24) is 0 Å². The molecule has 0 unspecified atom stereocenters. The molecule has 0 atom stereocenters. The lowest BCUT2D eigenvalue weighted by Crippen LogP contribution is -2.12. The van der Waals surface area contributed by atoms with Crippen molar-refractivity contribution in [3.8, 4) is 0 Å². The highest BCUT2D eigenvalue weighted by molar-refractivity contribution is 6.73. The summed E-state index contributed by atoms with van der Waals surface area (Å²) < 4.78 is -3.29. The Hall–Kier alpha value is -0.0800. The van der Waals surface area contributed by atoms with Gasteiger partial charge in [0.25, 0.3) is 0 Å². The smallest absolute Gasteiger partial charge is 0.0784 e. The summed E-state index contributed by atoms with van der Waals surface area (Å²) in [6.45, 7) is 0. The Morgan fingerprint density at radius 3 is 1.82 bits per heavy atom. The summed E-state index contributed by atoms with van der Waals surface area (Å²) in [5, 5.41) is 0. The first-order valence-corrected chi connectivity index (χ1v) is 8.47. The van der Waals surface area contributed by atoms with Crippen molar-refractivity contribution in [1.29, 1.82) is 0 Å². The molecule has 0 spiro atoms. The molecule has 0 N–H and O–H groups in total. The Morgan fingerprint density at radius 1 is 0.727 bits per heavy atom. The Balaban J connectivity index is 2.66. The predicted molar refractivity (Wildman–Crippen MR) is 100 cm³/mol. The van der Waals surface area contributed by atoms with Crippen LogP contribution in [0.5, 0.6) is 0 Å². The predicted octanol–water partition coefficient (Wildman–Crippen LogP) is 7.42. The molecule has 0 nitrogen and oxygen atoms in total. The average Bonchev–Trinajstić information content (AvgIpc) is 2.44. The number of hydrogen-bond acceptors (Lipinski definition) is 0. The molecule has 2 aromatic carbocycles. The SMILES string of the molecule is ClC(Cl)(Cl)C(=Cc1ccccc1)c1ccccc1C(Cl)(Cl)Cl. The minimum absolute atomic E-state index is 0.436. The van der Waals surface area contributed by atoms with E-state index in [0.717, 1.165) is 5.56 Å². The quantitative estimate of drug-likeness (QED) is 0.354. The summed E-state index contributed by atoms with van der Waals surface area (Å²) in [6.07, 6.45) is 1.77. The number of hydrogen-bond donors (Lipinski definition) is 0. The van der Waals surface area contributed by atoms with Crippen molar-refractivity contribution in [3.63, 3.8) is 0 Å². The van der Waals surface area contributed by atoms with Gasteiger partial charge in [0.15, 0.2) is 0 Å². The van der Waals surface area contributed by atoms with Gasteiger partial charge in [0.05, 0.1) is 0 Å². The first-order chi connectivity index (χ1) is 10.2. The van der Waals surface area contributed by atoms with Crippen LogP contribution in [0.15, 0.2) is 54.6 Å². The first kappa shape index (κ1) is 18.3. The van der Waals surface area contributed by atoms with Gasteiger partial charge in [-0.3, -0.25) is 0 Å². The molecule has 0 heterocycles. The van der Waals surface area contributed by atoms with E-state index < -0.39 is 7.59 Å². The van der Waals surface area contributed by atoms with E-state index in [1.54, 1.807) is 30.3 Å². The van der Waals surface area contributed by atoms with Crippen LogP contribution in [0.4, 0.5) is 0 Å². The Bertz CT molecular complexity index is 665. The topological polar surface area (TPSA) is 0 Å². The lowest BCUT2D eigenvalue weighted by molar-refractivity contribution is 1.21. The third-order valence-corrected chi connectivity index (χ3v) is 4.16. The van der Waals surface area contributed by atoms with Crippen LogP contribution in [-0.2, 0) is 3.79 Å². The van der Waals surface area contributed by atoms with E-state index in [-0.39, 0.29) is 0 Å². The van der Waals surface area contributed by atoms with Crippen LogP contribution in [0.1, 0.15) is 16.7 Å². The first-order valence-electron chi connectivity index (χ1n) is 6.20. The maximum atomic E-state index is 6.14. The second-order valence-corrected chi connectivity index (χ2v) is 9.07. The average molecular weight is 415 g/mol. The van der Waals surface area contributed by atoms with E-state index in [4.69, 9.17) is 69.6 Å². The lowest BCUT2D eigenvalue weighted by Gasteiger charge is -2.22. The molecule has 116 valence electrons. The maximum Gasteiger partial charge on any atom is 0.216 e. The van der Waals surface area contributed by atoms with Crippen molar-refractivity contribution in [2.45, 2.75) is 7.59 Å². The molecule has 0 bridgehead atoms. The normalized spacial score (nSPS) is 13.3. The summed E-state index contributed by atoms with van der Waals surface area (Å²) in [7, 11) is 0. The third kappa shape index (κ3) is 4.71. The van der Waals surface area contributed by atoms with Gasteiger partial charge < -0.3 is 0 Å². The molecule has 0 saturated carbocycles. The Labute approximate surface area is 159 Å². The van der Waals surface area contributed by atoms with E-state index >= 15 is 0 Å². The number of rotatable bonds is 2. The van der Waals surface area contributed by atoms with Gasteiger partial charge in [-0.1, -0.05) is 124 Å². The summed E-state index contributed by atoms with van der Waals surface area (Å²) in [4.78, 5) is 0. The van der Waals surface area contributed by atoms with E-state index in [2.05, 4.69) is 0 Å². The molecule has 0 radical (unpaired) electrons. The molecule has 22 heavy (non-hydrogen) atoms. The van der Waals surface area contributed by atoms with Gasteiger partial charge in [-0.15, -0.1) is 0 Å². The van der Waals surface area contributed by atoms with Crippen molar-refractivity contribution >= 4 is 81.3 Å². The molecule has 2 aromatic rings. The van der Waals surface area contributed by atoms with Gasteiger partial charge in [0.2, 0.25) is 7.59 Å². The van der Waals surface area contributed by atoms with Crippen LogP contribution in [0.3, 0.4) is 0 Å². The summed E-state index contributed by atoms with van der Waals surface area (Å²) in [5.74, 6) is 0. The molecule has 0 aliphatic carbocycles. The number of benzene rings is 2. The molecule has 0 fully saturated rings. The molecule has 2 rings (SSSR count). The fourth-order valence-electron chi connectivity index (χ4n) is 1.99. The molecular formula is C16H10Cl6. The van der Waals surface area contributed by atoms with E-state index in [1.807, 2.05) is 30.3 Å². The molecule has 0 amide bonds. The molecule has 6 heteroatoms. The van der Waals surface area contributed by atoms with E-state index in [0.29, 0.717) is 16.7 Å². The summed E-state index contributed by atoms with van der Waals surface area (Å²) in [5.41, 5.74) is 2.34. The highest BCUT2D eigenvalue weighted by Gasteiger charge is 2.33. The fourth-order valence-corrected chi connectivity index (χ4v) is 2.96. The number of halogens is 6. The van der Waals surface area contributed by atoms with Gasteiger partial charge in [0, 0.05) is 11.1 Å². The van der Waals surface area contributed by atoms with Gasteiger partial charge in [-0.2, -0.15) is 0 Å². The van der Waals surface area contributed by atoms with Crippen LogP contribution in [-0.4, -0.2) is 3.79 Å². The van der Waals surface area contributed by atoms with Crippen molar-refractivity contribution in [2.75, 3.05) is 0 Å². The summed E-state index contributed by atoms with van der Waals surface area (Å²) >= 11 is 36.5. The van der Waals surface area contributed by atoms with Crippen LogP contribution < -0.4 is 0 Å². The van der Waals surface area contributed by atoms with Gasteiger partial charge in [-0.05, 0) is 17.2 Å². The molecule has 0 aliphatic rings. The number of allylic oxidation sites excluding steroid dienone is 1. The standard InChI is InChI=1S/C16H10Cl6/c17-15(18,19)13-9-5-4-8-12(13)14(16(20,21)22)10-11-6-2-1-3-7-11/h1-10H. The minimum atomic E-state index is -1.66. The Kier molecular flexibility index (Phi) is 5.99. The van der Waals surface area contributed by atoms with Crippen LogP contribution >= 0.6 is 69.6 Å². The monoisotopic (exact) mass is 412 g/mol. The maximum absolute atomic E-state index is 6.14.